The highest BCUT2D eigenvalue weighted by molar-refractivity contribution is 6.30. The molecule has 2 unspecified atom stereocenters. The summed E-state index contributed by atoms with van der Waals surface area (Å²) in [6, 6.07) is 14.9. The lowest BCUT2D eigenvalue weighted by Gasteiger charge is -2.31. The monoisotopic (exact) mass is 414 g/mol. The smallest absolute Gasteiger partial charge is 0.243 e. The van der Waals surface area contributed by atoms with Crippen LogP contribution in [0, 0.1) is 6.92 Å². The molecule has 0 bridgehead atoms. The maximum atomic E-state index is 13.3. The fourth-order valence-electron chi connectivity index (χ4n) is 3.29. The van der Waals surface area contributed by atoms with Crippen LogP contribution in [0.1, 0.15) is 50.3 Å². The molecule has 156 valence electrons. The minimum atomic E-state index is -0.517. The zero-order valence-electron chi connectivity index (χ0n) is 17.7. The van der Waals surface area contributed by atoms with Crippen LogP contribution in [0.15, 0.2) is 48.5 Å². The molecule has 5 heteroatoms. The molecule has 1 N–H and O–H groups in total. The number of nitrogens with one attached hydrogen (secondary N) is 1. The van der Waals surface area contributed by atoms with E-state index in [9.17, 15) is 9.59 Å². The van der Waals surface area contributed by atoms with Crippen LogP contribution in [0.3, 0.4) is 0 Å². The second-order valence-corrected chi connectivity index (χ2v) is 8.00. The Bertz CT molecular complexity index is 837. The molecule has 0 saturated heterocycles. The maximum Gasteiger partial charge on any atom is 0.243 e. The summed E-state index contributed by atoms with van der Waals surface area (Å²) in [5.41, 5.74) is 2.98. The lowest BCUT2D eigenvalue weighted by molar-refractivity contribution is -0.141. The Labute approximate surface area is 179 Å². The van der Waals surface area contributed by atoms with Crippen molar-refractivity contribution in [2.75, 3.05) is 0 Å². The number of halogens is 1. The third-order valence-corrected chi connectivity index (χ3v) is 5.30. The predicted octanol–water partition coefficient (Wildman–Crippen LogP) is 4.91. The average Bonchev–Trinajstić information content (AvgIpc) is 2.67. The van der Waals surface area contributed by atoms with Crippen molar-refractivity contribution in [3.8, 4) is 0 Å². The summed E-state index contributed by atoms with van der Waals surface area (Å²) in [4.78, 5) is 27.9. The lowest BCUT2D eigenvalue weighted by atomic mass is 10.1. The number of benzene rings is 2. The van der Waals surface area contributed by atoms with Crippen molar-refractivity contribution >= 4 is 23.4 Å². The molecular formula is C24H31ClN2O2. The molecule has 0 fully saturated rings. The predicted molar refractivity (Wildman–Crippen MR) is 119 cm³/mol. The van der Waals surface area contributed by atoms with Gasteiger partial charge in [0.25, 0.3) is 0 Å². The summed E-state index contributed by atoms with van der Waals surface area (Å²) >= 11 is 6.08. The van der Waals surface area contributed by atoms with Gasteiger partial charge in [0.15, 0.2) is 0 Å². The van der Waals surface area contributed by atoms with E-state index in [0.717, 1.165) is 23.1 Å². The fraction of sp³-hybridized carbons (Fsp3) is 0.417. The van der Waals surface area contributed by atoms with Gasteiger partial charge in [-0.05, 0) is 49.9 Å². The summed E-state index contributed by atoms with van der Waals surface area (Å²) in [7, 11) is 0. The number of carbonyl (C=O) groups excluding carboxylic acids is 2. The van der Waals surface area contributed by atoms with E-state index >= 15 is 0 Å². The first kappa shape index (κ1) is 23.0. The minimum absolute atomic E-state index is 0.0698. The Hall–Kier alpha value is -2.33. The van der Waals surface area contributed by atoms with Crippen LogP contribution in [0.25, 0.3) is 0 Å². The van der Waals surface area contributed by atoms with Crippen molar-refractivity contribution in [3.05, 3.63) is 70.2 Å². The molecule has 2 aromatic rings. The molecule has 0 aliphatic rings. The van der Waals surface area contributed by atoms with Gasteiger partial charge in [-0.3, -0.25) is 9.59 Å². The summed E-state index contributed by atoms with van der Waals surface area (Å²) in [5.74, 6) is -0.186. The van der Waals surface area contributed by atoms with Crippen LogP contribution in [0.5, 0.6) is 0 Å². The third-order valence-electron chi connectivity index (χ3n) is 5.07. The number of aryl methyl sites for hydroxylation is 1. The van der Waals surface area contributed by atoms with Crippen LogP contribution in [-0.4, -0.2) is 28.8 Å². The number of hydrogen-bond donors (Lipinski definition) is 1. The van der Waals surface area contributed by atoms with E-state index in [1.807, 2.05) is 58.0 Å². The first-order valence-corrected chi connectivity index (χ1v) is 10.6. The first-order chi connectivity index (χ1) is 13.8. The Morgan fingerprint density at radius 3 is 2.34 bits per heavy atom. The van der Waals surface area contributed by atoms with Gasteiger partial charge in [-0.1, -0.05) is 67.4 Å². The Balaban J connectivity index is 2.29. The molecule has 2 amide bonds. The van der Waals surface area contributed by atoms with E-state index in [0.29, 0.717) is 18.0 Å². The molecule has 0 spiro atoms. The topological polar surface area (TPSA) is 49.4 Å². The van der Waals surface area contributed by atoms with Crippen molar-refractivity contribution in [1.82, 2.24) is 10.2 Å². The second-order valence-electron chi connectivity index (χ2n) is 7.56. The molecule has 4 nitrogen and oxygen atoms in total. The maximum absolute atomic E-state index is 13.3. The molecule has 2 rings (SSSR count). The first-order valence-electron chi connectivity index (χ1n) is 10.2. The molecule has 0 radical (unpaired) electrons. The van der Waals surface area contributed by atoms with Crippen LogP contribution in [0.2, 0.25) is 5.02 Å². The molecule has 0 heterocycles. The van der Waals surface area contributed by atoms with Crippen molar-refractivity contribution < 1.29 is 9.59 Å². The Morgan fingerprint density at radius 2 is 1.72 bits per heavy atom. The van der Waals surface area contributed by atoms with E-state index in [-0.39, 0.29) is 24.3 Å². The van der Waals surface area contributed by atoms with Crippen LogP contribution in [0.4, 0.5) is 0 Å². The van der Waals surface area contributed by atoms with Gasteiger partial charge < -0.3 is 10.2 Å². The lowest BCUT2D eigenvalue weighted by Crippen LogP contribution is -2.51. The molecule has 2 atom stereocenters. The van der Waals surface area contributed by atoms with Gasteiger partial charge >= 0.3 is 0 Å². The van der Waals surface area contributed by atoms with Crippen LogP contribution >= 0.6 is 11.6 Å². The molecule has 0 saturated carbocycles. The van der Waals surface area contributed by atoms with Gasteiger partial charge in [-0.2, -0.15) is 0 Å². The van der Waals surface area contributed by atoms with Crippen molar-refractivity contribution in [3.63, 3.8) is 0 Å². The molecule has 2 aromatic carbocycles. The van der Waals surface area contributed by atoms with Gasteiger partial charge in [0.1, 0.15) is 6.04 Å². The number of nitrogens with zero attached hydrogens (tertiary/aromatic N) is 1. The molecule has 0 aromatic heterocycles. The van der Waals surface area contributed by atoms with E-state index < -0.39 is 6.04 Å². The largest absolute Gasteiger partial charge is 0.352 e. The van der Waals surface area contributed by atoms with Crippen molar-refractivity contribution in [2.45, 2.75) is 65.6 Å². The summed E-state index contributed by atoms with van der Waals surface area (Å²) in [5, 5.41) is 3.63. The number of rotatable bonds is 9. The van der Waals surface area contributed by atoms with Gasteiger partial charge in [-0.25, -0.2) is 0 Å². The molecule has 0 aliphatic heterocycles. The summed E-state index contributed by atoms with van der Waals surface area (Å²) in [6.07, 6.45) is 1.60. The van der Waals surface area contributed by atoms with E-state index in [2.05, 4.69) is 11.4 Å². The number of amides is 2. The summed E-state index contributed by atoms with van der Waals surface area (Å²) in [6.45, 7) is 8.36. The van der Waals surface area contributed by atoms with Gasteiger partial charge in [0.05, 0.1) is 6.42 Å². The quantitative estimate of drug-likeness (QED) is 0.633. The zero-order chi connectivity index (χ0) is 21.4. The fourth-order valence-corrected chi connectivity index (χ4v) is 3.50. The normalized spacial score (nSPS) is 12.9. The van der Waals surface area contributed by atoms with Gasteiger partial charge in [0, 0.05) is 17.6 Å². The summed E-state index contributed by atoms with van der Waals surface area (Å²) < 4.78 is 0. The third kappa shape index (κ3) is 6.90. The highest BCUT2D eigenvalue weighted by Crippen LogP contribution is 2.17. The highest BCUT2D eigenvalue weighted by Gasteiger charge is 2.29. The highest BCUT2D eigenvalue weighted by atomic mass is 35.5. The van der Waals surface area contributed by atoms with Crippen LogP contribution in [-0.2, 0) is 22.6 Å². The second kappa shape index (κ2) is 11.0. The van der Waals surface area contributed by atoms with Crippen molar-refractivity contribution in [1.29, 1.82) is 0 Å². The van der Waals surface area contributed by atoms with E-state index in [1.165, 1.54) is 0 Å². The van der Waals surface area contributed by atoms with Crippen LogP contribution < -0.4 is 5.32 Å². The standard InChI is InChI=1S/C24H31ClN2O2/c1-5-18(4)26-24(29)22(6-2)27(16-20-11-7-9-17(3)13-20)23(28)15-19-10-8-12-21(25)14-19/h7-14,18,22H,5-6,15-16H2,1-4H3,(H,26,29). The Morgan fingerprint density at radius 1 is 1.03 bits per heavy atom. The number of hydrogen-bond acceptors (Lipinski definition) is 2. The van der Waals surface area contributed by atoms with Gasteiger partial charge in [-0.15, -0.1) is 0 Å². The molecule has 0 aliphatic carbocycles. The molecular weight excluding hydrogens is 384 g/mol. The van der Waals surface area contributed by atoms with Crippen molar-refractivity contribution in [2.24, 2.45) is 0 Å². The zero-order valence-corrected chi connectivity index (χ0v) is 18.5. The SMILES string of the molecule is CCC(C)NC(=O)C(CC)N(Cc1cccc(C)c1)C(=O)Cc1cccc(Cl)c1. The minimum Gasteiger partial charge on any atom is -0.352 e. The van der Waals surface area contributed by atoms with E-state index in [4.69, 9.17) is 11.6 Å². The molecule has 29 heavy (non-hydrogen) atoms. The van der Waals surface area contributed by atoms with Gasteiger partial charge in [0.2, 0.25) is 11.8 Å². The average molecular weight is 415 g/mol. The number of carbonyl (C=O) groups is 2. The Kier molecular flexibility index (Phi) is 8.71. The van der Waals surface area contributed by atoms with E-state index in [1.54, 1.807) is 17.0 Å².